The number of hydrogen-bond acceptors (Lipinski definition) is 19. The quantitative estimate of drug-likeness (QED) is 0.0969. The number of aliphatic hydroxyl groups excluding tert-OH is 6. The number of amides is 1. The highest BCUT2D eigenvalue weighted by atomic mass is 31.3. The monoisotopic (exact) mass is 755 g/mol. The molecule has 0 aliphatic carbocycles. The number of hydrogen-bond donors (Lipinski definition) is 10. The van der Waals surface area contributed by atoms with E-state index in [0.29, 0.717) is 0 Å². The minimum atomic E-state index is -5.37. The van der Waals surface area contributed by atoms with Gasteiger partial charge < -0.3 is 66.3 Å². The third kappa shape index (κ3) is 9.47. The Hall–Kier alpha value is -2.96. The van der Waals surface area contributed by atoms with Crippen LogP contribution in [0.1, 0.15) is 26.5 Å². The second kappa shape index (κ2) is 16.2. The number of allylic oxidation sites excluding steroid dienone is 1. The number of aliphatic hydroxyl groups is 6. The van der Waals surface area contributed by atoms with Crippen molar-refractivity contribution in [3.8, 4) is 0 Å². The summed E-state index contributed by atoms with van der Waals surface area (Å²) in [5.74, 6) is -0.658. The van der Waals surface area contributed by atoms with E-state index in [1.54, 1.807) is 19.9 Å². The Bertz CT molecular complexity index is 1650. The number of nitrogens with zero attached hydrogens (tertiary/aromatic N) is 5. The fraction of sp³-hybridized carbons (Fsp3) is 0.600. The minimum absolute atomic E-state index is 0.0517. The Balaban J connectivity index is 0.000000860. The van der Waals surface area contributed by atoms with Gasteiger partial charge in [0, 0.05) is 18.0 Å². The van der Waals surface area contributed by atoms with Crippen LogP contribution >= 0.6 is 15.6 Å². The number of rotatable bonds is 12. The normalized spacial score (nSPS) is 31.7. The third-order valence-electron chi connectivity index (χ3n) is 7.57. The number of nitrogen functional groups attached to an aromatic ring is 1. The maximum absolute atomic E-state index is 12.4. The summed E-state index contributed by atoms with van der Waals surface area (Å²) < 4.78 is 50.8. The van der Waals surface area contributed by atoms with E-state index in [0.717, 1.165) is 6.33 Å². The smallest absolute Gasteiger partial charge is 0.391 e. The number of aromatic nitrogens is 4. The molecular formula is C25H39N7O16P2. The van der Waals surface area contributed by atoms with Crippen molar-refractivity contribution in [3.63, 3.8) is 0 Å². The summed E-state index contributed by atoms with van der Waals surface area (Å²) in [4.78, 5) is 44.6. The van der Waals surface area contributed by atoms with Gasteiger partial charge in [0.05, 0.1) is 31.7 Å². The SMILES string of the molecule is CC(O)C(C)O.NC(=O)C1=CN([C@@H]2O[C@H](COP(=O)(O)OP(=O)(O)OC[C@H]3O[C@@H](n4cnc5c(N)ncnc54)[C@H](O)[C@@H]3O)[C@@H](O)[C@H]2O)C=CC1. The molecule has 0 saturated carbocycles. The van der Waals surface area contributed by atoms with Crippen LogP contribution in [-0.4, -0.2) is 139 Å². The molecule has 0 radical (unpaired) electrons. The van der Waals surface area contributed by atoms with Crippen molar-refractivity contribution in [1.29, 1.82) is 0 Å². The summed E-state index contributed by atoms with van der Waals surface area (Å²) in [5.41, 5.74) is 11.6. The number of carbonyl (C=O) groups excluding carboxylic acids is 1. The number of carbonyl (C=O) groups is 1. The van der Waals surface area contributed by atoms with Crippen LogP contribution in [0.2, 0.25) is 0 Å². The Morgan fingerprint density at radius 2 is 1.48 bits per heavy atom. The maximum atomic E-state index is 12.4. The molecule has 2 aromatic heterocycles. The van der Waals surface area contributed by atoms with Crippen LogP contribution < -0.4 is 11.5 Å². The number of nitrogens with two attached hydrogens (primary N) is 2. The molecule has 1 amide bonds. The summed E-state index contributed by atoms with van der Waals surface area (Å²) in [6.45, 7) is 1.31. The molecule has 4 unspecified atom stereocenters. The largest absolute Gasteiger partial charge is 0.481 e. The summed E-state index contributed by atoms with van der Waals surface area (Å²) in [6, 6.07) is 0. The zero-order chi connectivity index (χ0) is 37.1. The van der Waals surface area contributed by atoms with Gasteiger partial charge in [-0.15, -0.1) is 0 Å². The van der Waals surface area contributed by atoms with E-state index in [-0.39, 0.29) is 29.0 Å². The number of fused-ring (bicyclic) bond motifs is 1. The van der Waals surface area contributed by atoms with Crippen molar-refractivity contribution < 1.29 is 77.2 Å². The number of ether oxygens (including phenoxy) is 2. The minimum Gasteiger partial charge on any atom is -0.391 e. The Kier molecular flexibility index (Phi) is 12.9. The molecule has 25 heteroatoms. The van der Waals surface area contributed by atoms with Gasteiger partial charge in [-0.25, -0.2) is 24.1 Å². The van der Waals surface area contributed by atoms with E-state index >= 15 is 0 Å². The van der Waals surface area contributed by atoms with Gasteiger partial charge in [-0.3, -0.25) is 18.4 Å². The van der Waals surface area contributed by atoms with Crippen LogP contribution in [0.3, 0.4) is 0 Å². The summed E-state index contributed by atoms with van der Waals surface area (Å²) >= 11 is 0. The predicted molar refractivity (Wildman–Crippen MR) is 165 cm³/mol. The fourth-order valence-electron chi connectivity index (χ4n) is 4.68. The molecule has 12 atom stereocenters. The molecule has 23 nitrogen and oxygen atoms in total. The zero-order valence-corrected chi connectivity index (χ0v) is 28.2. The van der Waals surface area contributed by atoms with Gasteiger partial charge in [-0.1, -0.05) is 6.08 Å². The van der Waals surface area contributed by atoms with Crippen molar-refractivity contribution in [3.05, 3.63) is 36.7 Å². The maximum Gasteiger partial charge on any atom is 0.481 e. The molecule has 0 bridgehead atoms. The number of phosphoric acid groups is 2. The second-order valence-electron chi connectivity index (χ2n) is 11.3. The predicted octanol–water partition coefficient (Wildman–Crippen LogP) is -2.94. The van der Waals surface area contributed by atoms with E-state index in [2.05, 4.69) is 19.3 Å². The Morgan fingerprint density at radius 1 is 0.940 bits per heavy atom. The number of imidazole rings is 1. The average molecular weight is 756 g/mol. The van der Waals surface area contributed by atoms with Gasteiger partial charge in [0.1, 0.15) is 48.5 Å². The summed E-state index contributed by atoms with van der Waals surface area (Å²) in [7, 11) is -10.7. The molecule has 2 saturated heterocycles. The first kappa shape index (κ1) is 39.8. The molecular weight excluding hydrogens is 716 g/mol. The summed E-state index contributed by atoms with van der Waals surface area (Å²) in [5, 5.41) is 58.4. The van der Waals surface area contributed by atoms with Gasteiger partial charge in [0.15, 0.2) is 23.9 Å². The molecule has 3 aliphatic heterocycles. The standard InChI is InChI=1S/C21H29N7O14P2.C4H10O2/c22-17-12-19(25-7-24-17)28(8-26-12)21-16(32)14(30)11(41-21)6-39-44(36,37)42-43(34,35)38-5-10-13(29)15(31)20(40-10)27-3-1-2-9(4-27)18(23)33;1-3(5)4(2)6/h1,3-4,7-8,10-11,13-16,20-21,29-32H,2,5-6H2,(H2,23,33)(H,34,35)(H,36,37)(H2,22,24,25);3-6H,1-2H3/t10-,11-,13-,14-,15-,16-,20-,21-;/m1./s1. The first-order valence-electron chi connectivity index (χ1n) is 14.7. The number of phosphoric ester groups is 2. The molecule has 0 spiro atoms. The van der Waals surface area contributed by atoms with Gasteiger partial charge in [0.25, 0.3) is 0 Å². The lowest BCUT2D eigenvalue weighted by Crippen LogP contribution is -2.40. The van der Waals surface area contributed by atoms with E-state index in [4.69, 9.17) is 40.2 Å². The van der Waals surface area contributed by atoms with E-state index in [1.165, 1.54) is 28.2 Å². The first-order chi connectivity index (χ1) is 23.3. The topological polar surface area (TPSA) is 358 Å². The van der Waals surface area contributed by atoms with E-state index < -0.39 is 96.1 Å². The molecule has 12 N–H and O–H groups in total. The van der Waals surface area contributed by atoms with Crippen molar-refractivity contribution in [2.45, 2.75) is 81.6 Å². The molecule has 50 heavy (non-hydrogen) atoms. The summed E-state index contributed by atoms with van der Waals surface area (Å²) in [6.07, 6.45) is -6.06. The van der Waals surface area contributed by atoms with Crippen LogP contribution in [0, 0.1) is 0 Å². The highest BCUT2D eigenvalue weighted by Gasteiger charge is 2.48. The van der Waals surface area contributed by atoms with Gasteiger partial charge >= 0.3 is 15.6 Å². The number of primary amides is 1. The van der Waals surface area contributed by atoms with Crippen molar-refractivity contribution in [2.75, 3.05) is 18.9 Å². The molecule has 5 rings (SSSR count). The van der Waals surface area contributed by atoms with Crippen LogP contribution in [-0.2, 0) is 36.8 Å². The van der Waals surface area contributed by atoms with Crippen LogP contribution in [0.25, 0.3) is 11.2 Å². The molecule has 2 fully saturated rings. The van der Waals surface area contributed by atoms with Crippen LogP contribution in [0.5, 0.6) is 0 Å². The van der Waals surface area contributed by atoms with Crippen LogP contribution in [0.4, 0.5) is 5.82 Å². The van der Waals surface area contributed by atoms with Crippen molar-refractivity contribution in [2.24, 2.45) is 5.73 Å². The van der Waals surface area contributed by atoms with Gasteiger partial charge in [-0.2, -0.15) is 4.31 Å². The van der Waals surface area contributed by atoms with E-state index in [1.807, 2.05) is 0 Å². The highest BCUT2D eigenvalue weighted by molar-refractivity contribution is 7.61. The third-order valence-corrected chi connectivity index (χ3v) is 10.2. The molecule has 5 heterocycles. The molecule has 0 aromatic carbocycles. The molecule has 2 aromatic rings. The molecule has 3 aliphatic rings. The lowest BCUT2D eigenvalue weighted by Gasteiger charge is -2.28. The zero-order valence-electron chi connectivity index (χ0n) is 26.4. The Labute approximate surface area is 283 Å². The number of anilines is 1. The lowest BCUT2D eigenvalue weighted by atomic mass is 10.1. The fourth-order valence-corrected chi connectivity index (χ4v) is 6.77. The lowest BCUT2D eigenvalue weighted by molar-refractivity contribution is -0.115. The van der Waals surface area contributed by atoms with Crippen molar-refractivity contribution >= 4 is 38.5 Å². The second-order valence-corrected chi connectivity index (χ2v) is 14.4. The van der Waals surface area contributed by atoms with Gasteiger partial charge in [-0.05, 0) is 20.3 Å². The Morgan fingerprint density at radius 3 is 2.02 bits per heavy atom. The van der Waals surface area contributed by atoms with Crippen LogP contribution in [0.15, 0.2) is 36.7 Å². The molecule has 280 valence electrons. The highest BCUT2D eigenvalue weighted by Crippen LogP contribution is 2.60. The average Bonchev–Trinajstić information content (AvgIpc) is 3.69. The van der Waals surface area contributed by atoms with E-state index in [9.17, 15) is 44.1 Å². The van der Waals surface area contributed by atoms with Crippen molar-refractivity contribution in [1.82, 2.24) is 24.4 Å². The first-order valence-corrected chi connectivity index (χ1v) is 17.7. The van der Waals surface area contributed by atoms with Gasteiger partial charge in [0.2, 0.25) is 5.91 Å².